The molecule has 0 unspecified atom stereocenters. The van der Waals surface area contributed by atoms with E-state index < -0.39 is 5.97 Å². The SMILES string of the molecule is COC(=O)c1ccc(CNCc2cc(C)c(F)c(C)c2)o1. The number of benzene rings is 1. The molecule has 112 valence electrons. The molecule has 0 fully saturated rings. The van der Waals surface area contributed by atoms with Crippen LogP contribution in [0.1, 0.15) is 33.0 Å². The Morgan fingerprint density at radius 1 is 1.24 bits per heavy atom. The van der Waals surface area contributed by atoms with Crippen LogP contribution in [0, 0.1) is 19.7 Å². The summed E-state index contributed by atoms with van der Waals surface area (Å²) in [4.78, 5) is 11.3. The number of furan rings is 1. The van der Waals surface area contributed by atoms with Crippen molar-refractivity contribution in [3.63, 3.8) is 0 Å². The average Bonchev–Trinajstić information content (AvgIpc) is 2.92. The fourth-order valence-electron chi connectivity index (χ4n) is 2.15. The van der Waals surface area contributed by atoms with Crippen molar-refractivity contribution in [3.8, 4) is 0 Å². The standard InChI is InChI=1S/C16H18FNO3/c1-10-6-12(7-11(2)15(10)17)8-18-9-13-4-5-14(21-13)16(19)20-3/h4-7,18H,8-9H2,1-3H3. The highest BCUT2D eigenvalue weighted by molar-refractivity contribution is 5.86. The third kappa shape index (κ3) is 3.70. The normalized spacial score (nSPS) is 10.7. The largest absolute Gasteiger partial charge is 0.463 e. The molecule has 21 heavy (non-hydrogen) atoms. The zero-order valence-corrected chi connectivity index (χ0v) is 12.3. The molecule has 0 atom stereocenters. The van der Waals surface area contributed by atoms with Crippen molar-refractivity contribution in [3.05, 3.63) is 58.3 Å². The van der Waals surface area contributed by atoms with Gasteiger partial charge in [-0.3, -0.25) is 0 Å². The van der Waals surface area contributed by atoms with Gasteiger partial charge in [0.25, 0.3) is 0 Å². The van der Waals surface area contributed by atoms with Gasteiger partial charge in [0.1, 0.15) is 11.6 Å². The van der Waals surface area contributed by atoms with Crippen LogP contribution in [-0.4, -0.2) is 13.1 Å². The quantitative estimate of drug-likeness (QED) is 0.860. The molecule has 2 rings (SSSR count). The number of hydrogen-bond acceptors (Lipinski definition) is 4. The minimum Gasteiger partial charge on any atom is -0.463 e. The van der Waals surface area contributed by atoms with Gasteiger partial charge in [0.05, 0.1) is 13.7 Å². The maximum Gasteiger partial charge on any atom is 0.373 e. The number of rotatable bonds is 5. The van der Waals surface area contributed by atoms with Crippen molar-refractivity contribution in [1.82, 2.24) is 5.32 Å². The van der Waals surface area contributed by atoms with E-state index in [0.717, 1.165) is 5.56 Å². The van der Waals surface area contributed by atoms with Gasteiger partial charge in [-0.05, 0) is 42.7 Å². The molecule has 0 aliphatic carbocycles. The van der Waals surface area contributed by atoms with Gasteiger partial charge < -0.3 is 14.5 Å². The van der Waals surface area contributed by atoms with Crippen LogP contribution in [0.15, 0.2) is 28.7 Å². The van der Waals surface area contributed by atoms with Gasteiger partial charge in [0, 0.05) is 6.54 Å². The van der Waals surface area contributed by atoms with Crippen LogP contribution in [0.2, 0.25) is 0 Å². The second-order valence-corrected chi connectivity index (χ2v) is 4.90. The maximum atomic E-state index is 13.5. The number of nitrogens with one attached hydrogen (secondary N) is 1. The van der Waals surface area contributed by atoms with E-state index in [2.05, 4.69) is 10.1 Å². The predicted octanol–water partition coefficient (Wildman–Crippen LogP) is 3.11. The van der Waals surface area contributed by atoms with Crippen molar-refractivity contribution >= 4 is 5.97 Å². The van der Waals surface area contributed by atoms with E-state index in [9.17, 15) is 9.18 Å². The molecule has 0 spiro atoms. The second-order valence-electron chi connectivity index (χ2n) is 4.90. The average molecular weight is 291 g/mol. The Bertz CT molecular complexity index is 626. The van der Waals surface area contributed by atoms with Gasteiger partial charge in [0.2, 0.25) is 5.76 Å². The van der Waals surface area contributed by atoms with E-state index in [0.29, 0.717) is 30.0 Å². The number of carbonyl (C=O) groups excluding carboxylic acids is 1. The second kappa shape index (κ2) is 6.54. The molecular weight excluding hydrogens is 273 g/mol. The maximum absolute atomic E-state index is 13.5. The van der Waals surface area contributed by atoms with Crippen molar-refractivity contribution in [2.24, 2.45) is 0 Å². The Morgan fingerprint density at radius 3 is 2.52 bits per heavy atom. The zero-order valence-electron chi connectivity index (χ0n) is 12.3. The van der Waals surface area contributed by atoms with Crippen molar-refractivity contribution < 1.29 is 18.3 Å². The first kappa shape index (κ1) is 15.3. The molecule has 0 amide bonds. The lowest BCUT2D eigenvalue weighted by atomic mass is 10.1. The summed E-state index contributed by atoms with van der Waals surface area (Å²) in [6, 6.07) is 6.93. The topological polar surface area (TPSA) is 51.5 Å². The number of hydrogen-bond donors (Lipinski definition) is 1. The highest BCUT2D eigenvalue weighted by atomic mass is 19.1. The summed E-state index contributed by atoms with van der Waals surface area (Å²) in [6.07, 6.45) is 0. The van der Waals surface area contributed by atoms with Crippen molar-refractivity contribution in [2.45, 2.75) is 26.9 Å². The molecular formula is C16H18FNO3. The molecule has 0 saturated carbocycles. The Kier molecular flexibility index (Phi) is 4.75. The fraction of sp³-hybridized carbons (Fsp3) is 0.312. The molecule has 0 aliphatic heterocycles. The molecule has 0 aliphatic rings. The van der Waals surface area contributed by atoms with E-state index in [4.69, 9.17) is 4.42 Å². The monoisotopic (exact) mass is 291 g/mol. The first-order valence-electron chi connectivity index (χ1n) is 6.64. The van der Waals surface area contributed by atoms with E-state index in [-0.39, 0.29) is 11.6 Å². The summed E-state index contributed by atoms with van der Waals surface area (Å²) in [5.74, 6) is 0.173. The lowest BCUT2D eigenvalue weighted by Gasteiger charge is -2.07. The fourth-order valence-corrected chi connectivity index (χ4v) is 2.15. The Labute approximate surface area is 122 Å². The van der Waals surface area contributed by atoms with Crippen LogP contribution in [0.5, 0.6) is 0 Å². The van der Waals surface area contributed by atoms with Crippen LogP contribution < -0.4 is 5.32 Å². The van der Waals surface area contributed by atoms with Gasteiger partial charge >= 0.3 is 5.97 Å². The van der Waals surface area contributed by atoms with Gasteiger partial charge in [-0.15, -0.1) is 0 Å². The van der Waals surface area contributed by atoms with Gasteiger partial charge in [0.15, 0.2) is 0 Å². The first-order chi connectivity index (χ1) is 10.0. The Balaban J connectivity index is 1.92. The molecule has 1 aromatic heterocycles. The molecule has 1 N–H and O–H groups in total. The summed E-state index contributed by atoms with van der Waals surface area (Å²) >= 11 is 0. The molecule has 4 nitrogen and oxygen atoms in total. The van der Waals surface area contributed by atoms with E-state index in [1.165, 1.54) is 7.11 Å². The number of halogens is 1. The Hall–Kier alpha value is -2.14. The Morgan fingerprint density at radius 2 is 1.90 bits per heavy atom. The lowest BCUT2D eigenvalue weighted by molar-refractivity contribution is 0.0563. The summed E-state index contributed by atoms with van der Waals surface area (Å²) in [5, 5.41) is 3.19. The number of methoxy groups -OCH3 is 1. The summed E-state index contributed by atoms with van der Waals surface area (Å²) in [7, 11) is 1.31. The van der Waals surface area contributed by atoms with Crippen LogP contribution in [0.3, 0.4) is 0 Å². The van der Waals surface area contributed by atoms with Gasteiger partial charge in [-0.25, -0.2) is 9.18 Å². The number of carbonyl (C=O) groups is 1. The molecule has 0 saturated heterocycles. The molecule has 0 radical (unpaired) electrons. The first-order valence-corrected chi connectivity index (χ1v) is 6.64. The predicted molar refractivity (Wildman–Crippen MR) is 76.5 cm³/mol. The van der Waals surface area contributed by atoms with Gasteiger partial charge in [-0.2, -0.15) is 0 Å². The third-order valence-corrected chi connectivity index (χ3v) is 3.17. The lowest BCUT2D eigenvalue weighted by Crippen LogP contribution is -2.12. The van der Waals surface area contributed by atoms with E-state index >= 15 is 0 Å². The van der Waals surface area contributed by atoms with Crippen molar-refractivity contribution in [1.29, 1.82) is 0 Å². The zero-order chi connectivity index (χ0) is 15.4. The number of ether oxygens (including phenoxy) is 1. The highest BCUT2D eigenvalue weighted by Gasteiger charge is 2.10. The molecule has 1 aromatic carbocycles. The van der Waals surface area contributed by atoms with Crippen molar-refractivity contribution in [2.75, 3.05) is 7.11 Å². The summed E-state index contributed by atoms with van der Waals surface area (Å²) in [6.45, 7) is 4.57. The smallest absolute Gasteiger partial charge is 0.373 e. The molecule has 5 heteroatoms. The minimum absolute atomic E-state index is 0.160. The minimum atomic E-state index is -0.494. The van der Waals surface area contributed by atoms with Crippen LogP contribution in [0.4, 0.5) is 4.39 Å². The molecule has 0 bridgehead atoms. The van der Waals surface area contributed by atoms with Crippen LogP contribution in [-0.2, 0) is 17.8 Å². The van der Waals surface area contributed by atoms with Crippen LogP contribution >= 0.6 is 0 Å². The van der Waals surface area contributed by atoms with Gasteiger partial charge in [-0.1, -0.05) is 12.1 Å². The highest BCUT2D eigenvalue weighted by Crippen LogP contribution is 2.15. The number of aryl methyl sites for hydroxylation is 2. The number of esters is 1. The molecule has 1 heterocycles. The van der Waals surface area contributed by atoms with Crippen LogP contribution in [0.25, 0.3) is 0 Å². The summed E-state index contributed by atoms with van der Waals surface area (Å²) in [5.41, 5.74) is 2.28. The molecule has 2 aromatic rings. The van der Waals surface area contributed by atoms with E-state index in [1.807, 2.05) is 12.1 Å². The third-order valence-electron chi connectivity index (χ3n) is 3.17. The van der Waals surface area contributed by atoms with E-state index in [1.54, 1.807) is 26.0 Å². The summed E-state index contributed by atoms with van der Waals surface area (Å²) < 4.78 is 23.4.